The zero-order valence-corrected chi connectivity index (χ0v) is 22.3. The third kappa shape index (κ3) is 5.10. The summed E-state index contributed by atoms with van der Waals surface area (Å²) < 4.78 is 24.1. The van der Waals surface area contributed by atoms with Crippen molar-refractivity contribution in [3.05, 3.63) is 107 Å². The van der Waals surface area contributed by atoms with Crippen LogP contribution < -0.4 is 15.1 Å². The number of carboxylic acids is 1. The second-order valence-corrected chi connectivity index (χ2v) is 9.24. The first kappa shape index (κ1) is 27.1. The number of anilines is 3. The summed E-state index contributed by atoms with van der Waals surface area (Å²) in [6, 6.07) is 21.2. The number of rotatable bonds is 6. The number of nitrogens with one attached hydrogen (secondary N) is 1. The number of aromatic carboxylic acids is 1. The number of carbonyl (C=O) groups excluding carboxylic acids is 2. The lowest BCUT2D eigenvalue weighted by molar-refractivity contribution is -0.111. The number of amides is 1. The van der Waals surface area contributed by atoms with E-state index in [-0.39, 0.29) is 34.2 Å². The number of hydrogen-bond donors (Lipinski definition) is 2. The highest BCUT2D eigenvalue weighted by Crippen LogP contribution is 2.39. The van der Waals surface area contributed by atoms with Crippen molar-refractivity contribution in [1.29, 1.82) is 0 Å². The second-order valence-electron chi connectivity index (χ2n) is 9.24. The molecule has 9 nitrogen and oxygen atoms in total. The topological polar surface area (TPSA) is 118 Å². The van der Waals surface area contributed by atoms with Crippen LogP contribution in [0.4, 0.5) is 26.2 Å². The van der Waals surface area contributed by atoms with Crippen molar-refractivity contribution in [2.75, 3.05) is 17.4 Å². The number of fused-ring (bicyclic) bond motifs is 1. The molecule has 1 heterocycles. The number of halogens is 1. The van der Waals surface area contributed by atoms with Gasteiger partial charge in [-0.15, -0.1) is 0 Å². The molecule has 41 heavy (non-hydrogen) atoms. The molecule has 0 unspecified atom stereocenters. The molecule has 206 valence electrons. The average Bonchev–Trinajstić information content (AvgIpc) is 3.24. The van der Waals surface area contributed by atoms with Crippen molar-refractivity contribution in [1.82, 2.24) is 0 Å². The highest BCUT2D eigenvalue weighted by atomic mass is 19.1. The van der Waals surface area contributed by atoms with Crippen LogP contribution in [0.5, 0.6) is 5.75 Å². The molecule has 1 amide bonds. The molecule has 0 spiro atoms. The van der Waals surface area contributed by atoms with E-state index in [1.54, 1.807) is 35.2 Å². The molecule has 4 aromatic carbocycles. The molecule has 1 aliphatic rings. The Morgan fingerprint density at radius 3 is 2.41 bits per heavy atom. The SMILES string of the molecule is COC(=O)Oc1c(NN=C2C(=O)N(c3ccc(C)c(C)c3)c3ccccc32)cccc1-c1ccc(F)c(C(=O)O)c1. The quantitative estimate of drug-likeness (QED) is 0.160. The Bertz CT molecular complexity index is 1750. The zero-order chi connectivity index (χ0) is 29.3. The number of hydrogen-bond acceptors (Lipinski definition) is 7. The Hall–Kier alpha value is -5.51. The number of para-hydroxylation sites is 2. The van der Waals surface area contributed by atoms with E-state index in [0.29, 0.717) is 16.9 Å². The Kier molecular flexibility index (Phi) is 7.22. The van der Waals surface area contributed by atoms with Crippen LogP contribution in [-0.4, -0.2) is 36.0 Å². The van der Waals surface area contributed by atoms with Gasteiger partial charge in [0.1, 0.15) is 5.82 Å². The predicted octanol–water partition coefficient (Wildman–Crippen LogP) is 6.45. The fourth-order valence-corrected chi connectivity index (χ4v) is 4.49. The molecule has 0 saturated carbocycles. The van der Waals surface area contributed by atoms with Gasteiger partial charge in [0.2, 0.25) is 0 Å². The van der Waals surface area contributed by atoms with Crippen LogP contribution >= 0.6 is 0 Å². The molecule has 0 atom stereocenters. The maximum atomic E-state index is 14.1. The Morgan fingerprint density at radius 2 is 1.68 bits per heavy atom. The maximum absolute atomic E-state index is 14.1. The minimum atomic E-state index is -1.45. The second kappa shape index (κ2) is 10.9. The Balaban J connectivity index is 1.58. The van der Waals surface area contributed by atoms with E-state index in [9.17, 15) is 23.9 Å². The van der Waals surface area contributed by atoms with E-state index in [0.717, 1.165) is 30.4 Å². The summed E-state index contributed by atoms with van der Waals surface area (Å²) in [5.74, 6) is -2.79. The monoisotopic (exact) mass is 553 g/mol. The molecular formula is C31H24FN3O6. The molecule has 0 aliphatic carbocycles. The van der Waals surface area contributed by atoms with Crippen LogP contribution in [0.2, 0.25) is 0 Å². The largest absolute Gasteiger partial charge is 0.513 e. The van der Waals surface area contributed by atoms with E-state index < -0.39 is 23.5 Å². The first-order chi connectivity index (χ1) is 19.7. The summed E-state index contributed by atoms with van der Waals surface area (Å²) in [6.07, 6.45) is -1.04. The number of hydrazone groups is 1. The lowest BCUT2D eigenvalue weighted by atomic mass is 10.0. The Labute approximate surface area is 234 Å². The van der Waals surface area contributed by atoms with Crippen molar-refractivity contribution in [3.63, 3.8) is 0 Å². The van der Waals surface area contributed by atoms with Crippen LogP contribution in [0.15, 0.2) is 84.0 Å². The van der Waals surface area contributed by atoms with Crippen LogP contribution in [0, 0.1) is 19.7 Å². The highest BCUT2D eigenvalue weighted by Gasteiger charge is 2.35. The van der Waals surface area contributed by atoms with Gasteiger partial charge in [-0.2, -0.15) is 5.10 Å². The number of benzene rings is 4. The molecule has 2 N–H and O–H groups in total. The first-order valence-corrected chi connectivity index (χ1v) is 12.5. The summed E-state index contributed by atoms with van der Waals surface area (Å²) in [5.41, 5.74) is 7.19. The summed E-state index contributed by atoms with van der Waals surface area (Å²) in [7, 11) is 1.13. The molecule has 10 heteroatoms. The standard InChI is InChI=1S/C31H24FN3O6/c1-17-11-13-20(15-18(17)2)35-26-10-5-4-7-22(26)27(29(35)36)34-33-25-9-6-8-21(28(25)41-31(39)40-3)19-12-14-24(32)23(16-19)30(37)38/h4-16,33H,1-3H3,(H,37,38). The van der Waals surface area contributed by atoms with Crippen LogP contribution in [-0.2, 0) is 9.53 Å². The van der Waals surface area contributed by atoms with Crippen LogP contribution in [0.25, 0.3) is 11.1 Å². The van der Waals surface area contributed by atoms with E-state index in [4.69, 9.17) is 4.74 Å². The van der Waals surface area contributed by atoms with Crippen molar-refractivity contribution in [2.45, 2.75) is 13.8 Å². The van der Waals surface area contributed by atoms with E-state index in [2.05, 4.69) is 15.3 Å². The van der Waals surface area contributed by atoms with Gasteiger partial charge < -0.3 is 14.6 Å². The number of aryl methyl sites for hydroxylation is 2. The molecule has 1 aliphatic heterocycles. The molecule has 0 fully saturated rings. The number of carbonyl (C=O) groups is 3. The van der Waals surface area contributed by atoms with Gasteiger partial charge in [-0.3, -0.25) is 15.1 Å². The summed E-state index contributed by atoms with van der Waals surface area (Å²) in [4.78, 5) is 38.9. The number of methoxy groups -OCH3 is 1. The third-order valence-electron chi connectivity index (χ3n) is 6.72. The minimum absolute atomic E-state index is 0.0589. The van der Waals surface area contributed by atoms with Gasteiger partial charge in [0, 0.05) is 16.8 Å². The van der Waals surface area contributed by atoms with Gasteiger partial charge in [-0.25, -0.2) is 14.0 Å². The van der Waals surface area contributed by atoms with Crippen molar-refractivity contribution < 1.29 is 33.4 Å². The maximum Gasteiger partial charge on any atom is 0.513 e. The molecule has 0 aromatic heterocycles. The van der Waals surface area contributed by atoms with E-state index in [1.807, 2.05) is 44.2 Å². The normalized spacial score (nSPS) is 13.2. The van der Waals surface area contributed by atoms with Gasteiger partial charge in [0.05, 0.1) is 24.0 Å². The predicted molar refractivity (Wildman–Crippen MR) is 151 cm³/mol. The fourth-order valence-electron chi connectivity index (χ4n) is 4.49. The van der Waals surface area contributed by atoms with Crippen molar-refractivity contribution in [2.24, 2.45) is 5.10 Å². The summed E-state index contributed by atoms with van der Waals surface area (Å²) >= 11 is 0. The van der Waals surface area contributed by atoms with Crippen LogP contribution in [0.3, 0.4) is 0 Å². The molecule has 0 saturated heterocycles. The average molecular weight is 554 g/mol. The van der Waals surface area contributed by atoms with Crippen LogP contribution in [0.1, 0.15) is 27.0 Å². The molecule has 0 radical (unpaired) electrons. The smallest absolute Gasteiger partial charge is 0.478 e. The molecule has 5 rings (SSSR count). The lowest BCUT2D eigenvalue weighted by Gasteiger charge is -2.18. The van der Waals surface area contributed by atoms with Gasteiger partial charge in [0.25, 0.3) is 5.91 Å². The molecule has 0 bridgehead atoms. The van der Waals surface area contributed by atoms with Gasteiger partial charge in [0.15, 0.2) is 11.5 Å². The summed E-state index contributed by atoms with van der Waals surface area (Å²) in [6.45, 7) is 3.96. The van der Waals surface area contributed by atoms with Crippen molar-refractivity contribution >= 4 is 40.8 Å². The fraction of sp³-hybridized carbons (Fsp3) is 0.0968. The third-order valence-corrected chi connectivity index (χ3v) is 6.72. The van der Waals surface area contributed by atoms with E-state index in [1.165, 1.54) is 6.07 Å². The van der Waals surface area contributed by atoms with Gasteiger partial charge in [-0.05, 0) is 66.9 Å². The van der Waals surface area contributed by atoms with Gasteiger partial charge >= 0.3 is 12.1 Å². The highest BCUT2D eigenvalue weighted by molar-refractivity contribution is 6.55. The lowest BCUT2D eigenvalue weighted by Crippen LogP contribution is -2.26. The van der Waals surface area contributed by atoms with E-state index >= 15 is 0 Å². The number of ether oxygens (including phenoxy) is 2. The Morgan fingerprint density at radius 1 is 0.927 bits per heavy atom. The minimum Gasteiger partial charge on any atom is -0.478 e. The first-order valence-electron chi connectivity index (χ1n) is 12.5. The molecule has 4 aromatic rings. The number of carboxylic acid groups (broad SMARTS) is 1. The molecular weight excluding hydrogens is 529 g/mol. The summed E-state index contributed by atoms with van der Waals surface area (Å²) in [5, 5.41) is 13.8. The van der Waals surface area contributed by atoms with Crippen molar-refractivity contribution in [3.8, 4) is 16.9 Å². The number of nitrogens with zero attached hydrogens (tertiary/aromatic N) is 2. The zero-order valence-electron chi connectivity index (χ0n) is 22.3. The van der Waals surface area contributed by atoms with Gasteiger partial charge in [-0.1, -0.05) is 42.5 Å².